The molecule has 0 bridgehead atoms. The van der Waals surface area contributed by atoms with E-state index in [1.165, 1.54) is 12.8 Å². The second-order valence-corrected chi connectivity index (χ2v) is 9.49. The van der Waals surface area contributed by atoms with E-state index in [2.05, 4.69) is 37.2 Å². The van der Waals surface area contributed by atoms with E-state index in [0.717, 1.165) is 36.5 Å². The molecule has 2 heterocycles. The summed E-state index contributed by atoms with van der Waals surface area (Å²) in [7, 11) is 3.06. The van der Waals surface area contributed by atoms with Gasteiger partial charge in [-0.1, -0.05) is 45.4 Å². The average molecular weight is 513 g/mol. The molecule has 8 heteroatoms. The van der Waals surface area contributed by atoms with Crippen molar-refractivity contribution < 1.29 is 14.3 Å². The standard InChI is InChI=1S/C28H37ClN4O3/c1-7-22-23(8-2)33(17-20-11-9-10-15-30-20)25(31-22)18-32(16-14-19(3)4)28(34)21-12-13-24(35-5)27(36-6)26(21)29/h9-13,15,19H,7-8,14,16-18H2,1-6H3. The summed E-state index contributed by atoms with van der Waals surface area (Å²) in [6.45, 7) is 10.1. The van der Waals surface area contributed by atoms with E-state index in [4.69, 9.17) is 26.1 Å². The van der Waals surface area contributed by atoms with Crippen LogP contribution in [0.15, 0.2) is 36.5 Å². The Morgan fingerprint density at radius 2 is 1.89 bits per heavy atom. The second-order valence-electron chi connectivity index (χ2n) is 9.11. The van der Waals surface area contributed by atoms with Crippen molar-refractivity contribution in [3.63, 3.8) is 0 Å². The normalized spacial score (nSPS) is 11.1. The zero-order valence-corrected chi connectivity index (χ0v) is 22.9. The Labute approximate surface area is 219 Å². The van der Waals surface area contributed by atoms with Crippen LogP contribution in [0.3, 0.4) is 0 Å². The molecule has 1 aromatic carbocycles. The van der Waals surface area contributed by atoms with Gasteiger partial charge in [0.05, 0.1) is 49.3 Å². The number of aryl methyl sites for hydroxylation is 1. The van der Waals surface area contributed by atoms with Gasteiger partial charge in [0.25, 0.3) is 5.91 Å². The van der Waals surface area contributed by atoms with Crippen molar-refractivity contribution in [1.82, 2.24) is 19.4 Å². The molecule has 7 nitrogen and oxygen atoms in total. The van der Waals surface area contributed by atoms with Crippen LogP contribution >= 0.6 is 11.6 Å². The molecule has 2 aromatic heterocycles. The van der Waals surface area contributed by atoms with Crippen LogP contribution in [0.2, 0.25) is 5.02 Å². The van der Waals surface area contributed by atoms with E-state index in [1.807, 2.05) is 23.1 Å². The lowest BCUT2D eigenvalue weighted by Gasteiger charge is -2.25. The molecule has 0 aliphatic carbocycles. The van der Waals surface area contributed by atoms with Gasteiger partial charge in [0, 0.05) is 18.4 Å². The van der Waals surface area contributed by atoms with Crippen molar-refractivity contribution in [3.8, 4) is 11.5 Å². The van der Waals surface area contributed by atoms with Gasteiger partial charge in [-0.3, -0.25) is 9.78 Å². The van der Waals surface area contributed by atoms with Crippen LogP contribution < -0.4 is 9.47 Å². The third-order valence-electron chi connectivity index (χ3n) is 6.26. The Kier molecular flexibility index (Phi) is 9.76. The van der Waals surface area contributed by atoms with Crippen LogP contribution in [0, 0.1) is 5.92 Å². The number of hydrogen-bond acceptors (Lipinski definition) is 5. The van der Waals surface area contributed by atoms with Gasteiger partial charge in [-0.25, -0.2) is 4.98 Å². The third-order valence-corrected chi connectivity index (χ3v) is 6.64. The number of hydrogen-bond donors (Lipinski definition) is 0. The molecule has 0 aliphatic rings. The zero-order chi connectivity index (χ0) is 26.2. The van der Waals surface area contributed by atoms with Gasteiger partial charge in [0.2, 0.25) is 0 Å². The van der Waals surface area contributed by atoms with Gasteiger partial charge in [0.1, 0.15) is 5.82 Å². The molecule has 3 rings (SSSR count). The van der Waals surface area contributed by atoms with Gasteiger partial charge in [-0.05, 0) is 49.4 Å². The highest BCUT2D eigenvalue weighted by atomic mass is 35.5. The first-order valence-electron chi connectivity index (χ1n) is 12.5. The van der Waals surface area contributed by atoms with Gasteiger partial charge < -0.3 is 18.9 Å². The minimum atomic E-state index is -0.162. The molecule has 36 heavy (non-hydrogen) atoms. The monoisotopic (exact) mass is 512 g/mol. The van der Waals surface area contributed by atoms with E-state index in [-0.39, 0.29) is 10.9 Å². The number of imidazole rings is 1. The first kappa shape index (κ1) is 27.5. The van der Waals surface area contributed by atoms with Crippen molar-refractivity contribution in [3.05, 3.63) is 70.0 Å². The molecule has 0 saturated carbocycles. The van der Waals surface area contributed by atoms with E-state index >= 15 is 0 Å². The van der Waals surface area contributed by atoms with E-state index < -0.39 is 0 Å². The lowest BCUT2D eigenvalue weighted by atomic mass is 10.1. The van der Waals surface area contributed by atoms with Crippen molar-refractivity contribution in [2.45, 2.75) is 60.0 Å². The fraction of sp³-hybridized carbons (Fsp3) is 0.464. The Morgan fingerprint density at radius 3 is 2.47 bits per heavy atom. The number of amides is 1. The largest absolute Gasteiger partial charge is 0.493 e. The number of carbonyl (C=O) groups is 1. The Morgan fingerprint density at radius 1 is 1.11 bits per heavy atom. The zero-order valence-electron chi connectivity index (χ0n) is 22.2. The van der Waals surface area contributed by atoms with Crippen molar-refractivity contribution in [1.29, 1.82) is 0 Å². The average Bonchev–Trinajstić information content (AvgIpc) is 3.22. The summed E-state index contributed by atoms with van der Waals surface area (Å²) in [6, 6.07) is 9.33. The first-order chi connectivity index (χ1) is 17.3. The summed E-state index contributed by atoms with van der Waals surface area (Å²) in [6.07, 6.45) is 4.34. The second kappa shape index (κ2) is 12.8. The predicted molar refractivity (Wildman–Crippen MR) is 143 cm³/mol. The van der Waals surface area contributed by atoms with Crippen molar-refractivity contribution in [2.75, 3.05) is 20.8 Å². The first-order valence-corrected chi connectivity index (χ1v) is 12.9. The van der Waals surface area contributed by atoms with Crippen LogP contribution in [0.4, 0.5) is 0 Å². The molecule has 0 N–H and O–H groups in total. The molecule has 0 saturated heterocycles. The number of nitrogens with zero attached hydrogens (tertiary/aromatic N) is 4. The van der Waals surface area contributed by atoms with Crippen LogP contribution in [0.25, 0.3) is 0 Å². The summed E-state index contributed by atoms with van der Waals surface area (Å²) < 4.78 is 13.0. The highest BCUT2D eigenvalue weighted by molar-refractivity contribution is 6.35. The van der Waals surface area contributed by atoms with Gasteiger partial charge >= 0.3 is 0 Å². The minimum Gasteiger partial charge on any atom is -0.493 e. The SMILES string of the molecule is CCc1nc(CN(CCC(C)C)C(=O)c2ccc(OC)c(OC)c2Cl)n(Cc2ccccn2)c1CC. The lowest BCUT2D eigenvalue weighted by Crippen LogP contribution is -2.33. The van der Waals surface area contributed by atoms with E-state index in [9.17, 15) is 4.79 Å². The molecule has 194 valence electrons. The number of aromatic nitrogens is 3. The molecule has 0 radical (unpaired) electrons. The quantitative estimate of drug-likeness (QED) is 0.306. The summed E-state index contributed by atoms with van der Waals surface area (Å²) >= 11 is 6.63. The molecule has 3 aromatic rings. The summed E-state index contributed by atoms with van der Waals surface area (Å²) in [5.74, 6) is 1.96. The fourth-order valence-corrected chi connectivity index (χ4v) is 4.61. The third kappa shape index (κ3) is 6.19. The number of rotatable bonds is 12. The Hall–Kier alpha value is -3.06. The number of ether oxygens (including phenoxy) is 2. The number of carbonyl (C=O) groups excluding carboxylic acids is 1. The molecule has 0 fully saturated rings. The van der Waals surface area contributed by atoms with Crippen LogP contribution in [0.5, 0.6) is 11.5 Å². The molecule has 1 amide bonds. The maximum atomic E-state index is 13.8. The molecular formula is C28H37ClN4O3. The van der Waals surface area contributed by atoms with Crippen molar-refractivity contribution >= 4 is 17.5 Å². The molecule has 0 atom stereocenters. The molecule has 0 spiro atoms. The smallest absolute Gasteiger partial charge is 0.255 e. The molecule has 0 unspecified atom stereocenters. The highest BCUT2D eigenvalue weighted by Crippen LogP contribution is 2.38. The van der Waals surface area contributed by atoms with Crippen LogP contribution in [0.1, 0.15) is 67.4 Å². The molecule has 0 aliphatic heterocycles. The number of benzene rings is 1. The lowest BCUT2D eigenvalue weighted by molar-refractivity contribution is 0.0729. The maximum Gasteiger partial charge on any atom is 0.255 e. The Balaban J connectivity index is 2.03. The number of halogens is 1. The van der Waals surface area contributed by atoms with Crippen molar-refractivity contribution in [2.24, 2.45) is 5.92 Å². The van der Waals surface area contributed by atoms with Crippen LogP contribution in [-0.2, 0) is 25.9 Å². The van der Waals surface area contributed by atoms with E-state index in [1.54, 1.807) is 25.4 Å². The predicted octanol–water partition coefficient (Wildman–Crippen LogP) is 5.81. The number of pyridine rings is 1. The van der Waals surface area contributed by atoms with E-state index in [0.29, 0.717) is 42.6 Å². The molecular weight excluding hydrogens is 476 g/mol. The summed E-state index contributed by atoms with van der Waals surface area (Å²) in [5, 5.41) is 0.247. The fourth-order valence-electron chi connectivity index (χ4n) is 4.29. The maximum absolute atomic E-state index is 13.8. The number of methoxy groups -OCH3 is 2. The summed E-state index contributed by atoms with van der Waals surface area (Å²) in [4.78, 5) is 25.2. The topological polar surface area (TPSA) is 69.5 Å². The van der Waals surface area contributed by atoms with Gasteiger partial charge in [0.15, 0.2) is 11.5 Å². The van der Waals surface area contributed by atoms with Crippen LogP contribution in [-0.4, -0.2) is 46.1 Å². The minimum absolute atomic E-state index is 0.162. The highest BCUT2D eigenvalue weighted by Gasteiger charge is 2.25. The Bertz CT molecular complexity index is 1160. The van der Waals surface area contributed by atoms with Gasteiger partial charge in [-0.15, -0.1) is 0 Å². The summed E-state index contributed by atoms with van der Waals surface area (Å²) in [5.41, 5.74) is 3.58. The van der Waals surface area contributed by atoms with Gasteiger partial charge in [-0.2, -0.15) is 0 Å².